The standard InChI is InChI=1S/C28H37N5O3S/c1-4-31-13-15-32(16-14-31)23-9-11-33(12-10-23)28(34)26-19-30-27-25(26)17-22(18-29-27)21-5-7-24(8-6-21)37(35,36)20(2)3/h5-8,17-20,23H,4,9-16H2,1-3H3,(H,29,30). The van der Waals surface area contributed by atoms with Gasteiger partial charge in [0.2, 0.25) is 0 Å². The van der Waals surface area contributed by atoms with Gasteiger partial charge in [-0.3, -0.25) is 9.69 Å². The molecule has 9 heteroatoms. The average Bonchev–Trinajstić information content (AvgIpc) is 3.36. The highest BCUT2D eigenvalue weighted by atomic mass is 32.2. The Labute approximate surface area is 219 Å². The number of likely N-dealkylation sites (N-methyl/N-ethyl adjacent to an activating group) is 1. The number of benzene rings is 1. The van der Waals surface area contributed by atoms with E-state index in [9.17, 15) is 13.2 Å². The van der Waals surface area contributed by atoms with E-state index in [1.54, 1.807) is 50.5 Å². The SMILES string of the molecule is CCN1CCN(C2CCN(C(=O)c3c[nH]c4ncc(-c5ccc(S(=O)(=O)C(C)C)cc5)cc34)CC2)CC1. The molecule has 2 aliphatic rings. The number of aromatic nitrogens is 2. The van der Waals surface area contributed by atoms with Crippen LogP contribution in [-0.4, -0.2) is 96.1 Å². The molecule has 2 aliphatic heterocycles. The van der Waals surface area contributed by atoms with E-state index < -0.39 is 15.1 Å². The van der Waals surface area contributed by atoms with Gasteiger partial charge in [0.05, 0.1) is 15.7 Å². The summed E-state index contributed by atoms with van der Waals surface area (Å²) in [5, 5.41) is 0.320. The molecule has 2 fully saturated rings. The zero-order chi connectivity index (χ0) is 26.2. The summed E-state index contributed by atoms with van der Waals surface area (Å²) in [7, 11) is -3.32. The highest BCUT2D eigenvalue weighted by Crippen LogP contribution is 2.28. The number of nitrogens with one attached hydrogen (secondary N) is 1. The second-order valence-electron chi connectivity index (χ2n) is 10.4. The van der Waals surface area contributed by atoms with Gasteiger partial charge in [0, 0.05) is 68.7 Å². The lowest BCUT2D eigenvalue weighted by atomic mass is 10.0. The molecule has 2 saturated heterocycles. The first kappa shape index (κ1) is 25.9. The Morgan fingerprint density at radius 2 is 1.70 bits per heavy atom. The second-order valence-corrected chi connectivity index (χ2v) is 12.9. The first-order chi connectivity index (χ1) is 17.8. The van der Waals surface area contributed by atoms with Crippen LogP contribution in [0, 0.1) is 0 Å². The van der Waals surface area contributed by atoms with Crippen LogP contribution in [0.1, 0.15) is 44.0 Å². The molecule has 0 unspecified atom stereocenters. The lowest BCUT2D eigenvalue weighted by Gasteiger charge is -2.42. The summed E-state index contributed by atoms with van der Waals surface area (Å²) in [6, 6.07) is 9.42. The minimum absolute atomic E-state index is 0.0397. The molecule has 1 aromatic carbocycles. The third-order valence-corrected chi connectivity index (χ3v) is 10.2. The first-order valence-corrected chi connectivity index (χ1v) is 14.9. The number of H-pyrrole nitrogens is 1. The maximum absolute atomic E-state index is 13.5. The lowest BCUT2D eigenvalue weighted by molar-refractivity contribution is 0.0491. The van der Waals surface area contributed by atoms with Gasteiger partial charge in [0.25, 0.3) is 5.91 Å². The molecule has 0 radical (unpaired) electrons. The van der Waals surface area contributed by atoms with Gasteiger partial charge in [-0.1, -0.05) is 19.1 Å². The van der Waals surface area contributed by atoms with Crippen LogP contribution in [0.2, 0.25) is 0 Å². The number of likely N-dealkylation sites (tertiary alicyclic amines) is 1. The molecule has 1 amide bonds. The number of piperidine rings is 1. The molecule has 0 atom stereocenters. The van der Waals surface area contributed by atoms with Crippen molar-refractivity contribution in [1.82, 2.24) is 24.7 Å². The fraction of sp³-hybridized carbons (Fsp3) is 0.500. The fourth-order valence-corrected chi connectivity index (χ4v) is 6.56. The molecule has 4 heterocycles. The van der Waals surface area contributed by atoms with E-state index in [1.165, 1.54) is 0 Å². The maximum atomic E-state index is 13.5. The number of sulfone groups is 1. The summed E-state index contributed by atoms with van der Waals surface area (Å²) in [5.41, 5.74) is 3.02. The van der Waals surface area contributed by atoms with Gasteiger partial charge in [-0.25, -0.2) is 13.4 Å². The van der Waals surface area contributed by atoms with Crippen LogP contribution in [0.25, 0.3) is 22.2 Å². The summed E-state index contributed by atoms with van der Waals surface area (Å²) in [6.45, 7) is 12.7. The molecular weight excluding hydrogens is 486 g/mol. The number of pyridine rings is 1. The number of amides is 1. The zero-order valence-electron chi connectivity index (χ0n) is 22.0. The molecule has 37 heavy (non-hydrogen) atoms. The monoisotopic (exact) mass is 523 g/mol. The van der Waals surface area contributed by atoms with Gasteiger partial charge in [-0.05, 0) is 57.0 Å². The first-order valence-electron chi connectivity index (χ1n) is 13.3. The molecule has 0 spiro atoms. The Morgan fingerprint density at radius 1 is 1.03 bits per heavy atom. The Kier molecular flexibility index (Phi) is 7.38. The van der Waals surface area contributed by atoms with Crippen LogP contribution in [-0.2, 0) is 9.84 Å². The molecule has 0 saturated carbocycles. The van der Waals surface area contributed by atoms with Gasteiger partial charge in [0.15, 0.2) is 9.84 Å². The lowest BCUT2D eigenvalue weighted by Crippen LogP contribution is -2.53. The Bertz CT molecular complexity index is 1350. The molecule has 1 N–H and O–H groups in total. The Balaban J connectivity index is 1.29. The van der Waals surface area contributed by atoms with Gasteiger partial charge in [-0.2, -0.15) is 0 Å². The largest absolute Gasteiger partial charge is 0.345 e. The summed E-state index contributed by atoms with van der Waals surface area (Å²) in [6.07, 6.45) is 5.53. The molecule has 3 aromatic rings. The molecule has 198 valence electrons. The van der Waals surface area contributed by atoms with E-state index in [0.717, 1.165) is 75.2 Å². The van der Waals surface area contributed by atoms with Crippen LogP contribution in [0.3, 0.4) is 0 Å². The van der Waals surface area contributed by atoms with E-state index in [1.807, 2.05) is 11.0 Å². The second kappa shape index (κ2) is 10.6. The Hall–Kier alpha value is -2.75. The van der Waals surface area contributed by atoms with Crippen molar-refractivity contribution in [2.45, 2.75) is 49.8 Å². The number of nitrogens with zero attached hydrogens (tertiary/aromatic N) is 4. The fourth-order valence-electron chi connectivity index (χ4n) is 5.50. The van der Waals surface area contributed by atoms with Gasteiger partial charge in [-0.15, -0.1) is 0 Å². The van der Waals surface area contributed by atoms with Gasteiger partial charge in [0.1, 0.15) is 5.65 Å². The summed E-state index contributed by atoms with van der Waals surface area (Å²) in [5.74, 6) is 0.0397. The zero-order valence-corrected chi connectivity index (χ0v) is 22.8. The number of rotatable bonds is 6. The molecule has 5 rings (SSSR count). The van der Waals surface area contributed by atoms with Crippen molar-refractivity contribution in [3.05, 3.63) is 48.3 Å². The number of hydrogen-bond donors (Lipinski definition) is 1. The van der Waals surface area contributed by atoms with Crippen molar-refractivity contribution in [2.24, 2.45) is 0 Å². The average molecular weight is 524 g/mol. The Morgan fingerprint density at radius 3 is 2.32 bits per heavy atom. The minimum atomic E-state index is -3.32. The molecule has 2 aromatic heterocycles. The molecule has 8 nitrogen and oxygen atoms in total. The topological polar surface area (TPSA) is 89.6 Å². The third-order valence-electron chi connectivity index (χ3n) is 8.02. The number of aromatic amines is 1. The van der Waals surface area contributed by atoms with Crippen molar-refractivity contribution in [2.75, 3.05) is 45.8 Å². The van der Waals surface area contributed by atoms with Crippen molar-refractivity contribution in [3.8, 4) is 11.1 Å². The van der Waals surface area contributed by atoms with E-state index in [0.29, 0.717) is 22.1 Å². The van der Waals surface area contributed by atoms with Crippen molar-refractivity contribution in [1.29, 1.82) is 0 Å². The maximum Gasteiger partial charge on any atom is 0.256 e. The number of carbonyl (C=O) groups excluding carboxylic acids is 1. The minimum Gasteiger partial charge on any atom is -0.345 e. The van der Waals surface area contributed by atoms with Crippen LogP contribution in [0.5, 0.6) is 0 Å². The number of fused-ring (bicyclic) bond motifs is 1. The smallest absolute Gasteiger partial charge is 0.256 e. The van der Waals surface area contributed by atoms with E-state index in [4.69, 9.17) is 0 Å². The summed E-state index contributed by atoms with van der Waals surface area (Å²) >= 11 is 0. The van der Waals surface area contributed by atoms with E-state index in [-0.39, 0.29) is 5.91 Å². The highest BCUT2D eigenvalue weighted by molar-refractivity contribution is 7.92. The quantitative estimate of drug-likeness (QED) is 0.531. The number of carbonyl (C=O) groups is 1. The molecular formula is C28H37N5O3S. The van der Waals surface area contributed by atoms with Crippen LogP contribution < -0.4 is 0 Å². The molecule has 0 bridgehead atoms. The molecule has 0 aliphatic carbocycles. The van der Waals surface area contributed by atoms with E-state index in [2.05, 4.69) is 26.7 Å². The van der Waals surface area contributed by atoms with Crippen LogP contribution in [0.4, 0.5) is 0 Å². The predicted molar refractivity (Wildman–Crippen MR) is 146 cm³/mol. The number of piperazine rings is 1. The normalized spacial score (nSPS) is 18.6. The predicted octanol–water partition coefficient (Wildman–Crippen LogP) is 3.65. The van der Waals surface area contributed by atoms with Crippen molar-refractivity contribution < 1.29 is 13.2 Å². The van der Waals surface area contributed by atoms with Crippen LogP contribution in [0.15, 0.2) is 47.6 Å². The van der Waals surface area contributed by atoms with Crippen LogP contribution >= 0.6 is 0 Å². The van der Waals surface area contributed by atoms with Gasteiger partial charge < -0.3 is 14.8 Å². The number of hydrogen-bond acceptors (Lipinski definition) is 6. The van der Waals surface area contributed by atoms with E-state index >= 15 is 0 Å². The summed E-state index contributed by atoms with van der Waals surface area (Å²) < 4.78 is 24.9. The summed E-state index contributed by atoms with van der Waals surface area (Å²) in [4.78, 5) is 28.6. The van der Waals surface area contributed by atoms with Crippen molar-refractivity contribution >= 4 is 26.8 Å². The third kappa shape index (κ3) is 5.17. The highest BCUT2D eigenvalue weighted by Gasteiger charge is 2.30. The van der Waals surface area contributed by atoms with Gasteiger partial charge >= 0.3 is 0 Å². The van der Waals surface area contributed by atoms with Crippen molar-refractivity contribution in [3.63, 3.8) is 0 Å².